The van der Waals surface area contributed by atoms with E-state index in [1.807, 2.05) is 48.6 Å². The molecule has 9 nitrogen and oxygen atoms in total. The van der Waals surface area contributed by atoms with Crippen LogP contribution < -0.4 is 19.3 Å². The van der Waals surface area contributed by atoms with Gasteiger partial charge in [0.1, 0.15) is 23.1 Å². The smallest absolute Gasteiger partial charge is 0.241 e. The van der Waals surface area contributed by atoms with Crippen molar-refractivity contribution in [3.8, 4) is 17.2 Å². The molecule has 2 heterocycles. The fraction of sp³-hybridized carbons (Fsp3) is 0.261. The average Bonchev–Trinajstić information content (AvgIpc) is 3.58. The number of fused-ring (bicyclic) bond motifs is 4. The number of aromatic hydroxyl groups is 1. The van der Waals surface area contributed by atoms with Crippen LogP contribution in [0.4, 0.5) is 15.8 Å². The summed E-state index contributed by atoms with van der Waals surface area (Å²) >= 11 is 6.13. The summed E-state index contributed by atoms with van der Waals surface area (Å²) in [7, 11) is 3.19. The second-order valence-corrected chi connectivity index (χ2v) is 15.6. The second-order valence-electron chi connectivity index (χ2n) is 15.2. The summed E-state index contributed by atoms with van der Waals surface area (Å²) in [5.41, 5.74) is 2.57. The van der Waals surface area contributed by atoms with Gasteiger partial charge in [0, 0.05) is 17.0 Å². The van der Waals surface area contributed by atoms with E-state index in [-0.39, 0.29) is 41.1 Å². The minimum atomic E-state index is -1.40. The summed E-state index contributed by atoms with van der Waals surface area (Å²) in [6.45, 7) is 5.55. The van der Waals surface area contributed by atoms with Gasteiger partial charge in [0.25, 0.3) is 0 Å². The lowest BCUT2D eigenvalue weighted by molar-refractivity contribution is -0.131. The summed E-state index contributed by atoms with van der Waals surface area (Å²) in [5.74, 6) is -4.94. The molecule has 57 heavy (non-hydrogen) atoms. The molecule has 6 atom stereocenters. The van der Waals surface area contributed by atoms with Crippen LogP contribution in [0.1, 0.15) is 47.9 Å². The topological polar surface area (TPSA) is 113 Å². The number of phenols is 1. The molecule has 0 unspecified atom stereocenters. The van der Waals surface area contributed by atoms with E-state index in [2.05, 4.69) is 6.58 Å². The number of carbonyl (C=O) groups is 4. The van der Waals surface area contributed by atoms with Gasteiger partial charge in [-0.05, 0) is 91.8 Å². The average molecular weight is 787 g/mol. The normalized spacial score (nSPS) is 25.4. The molecule has 8 rings (SSSR count). The molecule has 1 N–H and O–H groups in total. The zero-order valence-electron chi connectivity index (χ0n) is 31.6. The van der Waals surface area contributed by atoms with Gasteiger partial charge in [-0.25, -0.2) is 9.29 Å². The lowest BCUT2D eigenvalue weighted by atomic mass is 9.51. The maximum absolute atomic E-state index is 14.7. The number of methoxy groups -OCH3 is 2. The molecular weight excluding hydrogens is 747 g/mol. The first-order valence-electron chi connectivity index (χ1n) is 18.8. The van der Waals surface area contributed by atoms with Crippen LogP contribution in [0.15, 0.2) is 103 Å². The number of halogens is 2. The maximum Gasteiger partial charge on any atom is 0.241 e. The van der Waals surface area contributed by atoms with E-state index in [9.17, 15) is 28.7 Å². The van der Waals surface area contributed by atoms with E-state index in [1.54, 1.807) is 57.6 Å². The first-order valence-corrected chi connectivity index (χ1v) is 19.1. The summed E-state index contributed by atoms with van der Waals surface area (Å²) in [6, 6.07) is 21.6. The minimum absolute atomic E-state index is 0.0241. The van der Waals surface area contributed by atoms with Crippen LogP contribution in [-0.2, 0) is 25.6 Å². The number of phenolic OH excluding ortho intramolecular Hbond substituents is 1. The van der Waals surface area contributed by atoms with Crippen LogP contribution in [0, 0.1) is 34.9 Å². The highest BCUT2D eigenvalue weighted by atomic mass is 35.5. The lowest BCUT2D eigenvalue weighted by Gasteiger charge is -2.49. The highest BCUT2D eigenvalue weighted by Gasteiger charge is 2.68. The van der Waals surface area contributed by atoms with Crippen molar-refractivity contribution in [2.24, 2.45) is 29.1 Å². The van der Waals surface area contributed by atoms with Gasteiger partial charge in [-0.2, -0.15) is 0 Å². The lowest BCUT2D eigenvalue weighted by Crippen LogP contribution is -2.49. The molecule has 2 aliphatic carbocycles. The van der Waals surface area contributed by atoms with Crippen LogP contribution in [0.2, 0.25) is 5.02 Å². The van der Waals surface area contributed by atoms with Gasteiger partial charge in [-0.3, -0.25) is 24.1 Å². The highest BCUT2D eigenvalue weighted by Crippen LogP contribution is 2.64. The number of imide groups is 2. The Morgan fingerprint density at radius 1 is 0.895 bits per heavy atom. The minimum Gasteiger partial charge on any atom is -0.507 e. The fourth-order valence-corrected chi connectivity index (χ4v) is 9.71. The Morgan fingerprint density at radius 3 is 2.35 bits per heavy atom. The van der Waals surface area contributed by atoms with Crippen molar-refractivity contribution in [1.29, 1.82) is 0 Å². The second kappa shape index (κ2) is 14.5. The van der Waals surface area contributed by atoms with Gasteiger partial charge in [-0.15, -0.1) is 6.58 Å². The molecule has 290 valence electrons. The third-order valence-corrected chi connectivity index (χ3v) is 12.6. The summed E-state index contributed by atoms with van der Waals surface area (Å²) in [6.07, 6.45) is 8.11. The van der Waals surface area contributed by atoms with E-state index in [0.717, 1.165) is 27.7 Å². The summed E-state index contributed by atoms with van der Waals surface area (Å²) < 4.78 is 25.1. The third-order valence-electron chi connectivity index (χ3n) is 12.3. The Morgan fingerprint density at radius 2 is 1.65 bits per heavy atom. The van der Waals surface area contributed by atoms with Crippen LogP contribution in [0.25, 0.3) is 12.2 Å². The van der Waals surface area contributed by atoms with Gasteiger partial charge in [-0.1, -0.05) is 71.8 Å². The molecule has 4 aliphatic rings. The molecule has 0 spiro atoms. The molecule has 4 aromatic rings. The molecule has 11 heteroatoms. The van der Waals surface area contributed by atoms with E-state index in [1.165, 1.54) is 17.0 Å². The predicted molar refractivity (Wildman–Crippen MR) is 215 cm³/mol. The van der Waals surface area contributed by atoms with Crippen molar-refractivity contribution in [2.75, 3.05) is 24.0 Å². The van der Waals surface area contributed by atoms with Crippen molar-refractivity contribution in [2.45, 2.75) is 32.1 Å². The first-order chi connectivity index (χ1) is 27.4. The SMILES string of the molecule is C=CCc1cccc([C@H]2C3=CC[C@@H]4C(=O)N(c5ccc(C=Cc6cc(OC)ccc6OC)cc5)C(=O)[C@@H]4[C@@H]3C[C@H]3C(=O)N(c4ccc(F)c(Cl)c4)C(=O)[C@@]23C)c1O. The zero-order valence-corrected chi connectivity index (χ0v) is 32.3. The van der Waals surface area contributed by atoms with Gasteiger partial charge >= 0.3 is 0 Å². The zero-order chi connectivity index (χ0) is 40.3. The van der Waals surface area contributed by atoms with E-state index in [4.69, 9.17) is 21.1 Å². The highest BCUT2D eigenvalue weighted by molar-refractivity contribution is 6.32. The Kier molecular flexibility index (Phi) is 9.64. The summed E-state index contributed by atoms with van der Waals surface area (Å²) in [4.78, 5) is 60.4. The third kappa shape index (κ3) is 5.96. The predicted octanol–water partition coefficient (Wildman–Crippen LogP) is 8.54. The van der Waals surface area contributed by atoms with Gasteiger partial charge < -0.3 is 14.6 Å². The fourth-order valence-electron chi connectivity index (χ4n) is 9.54. The number of anilines is 2. The molecule has 0 radical (unpaired) electrons. The van der Waals surface area contributed by atoms with E-state index in [0.29, 0.717) is 34.7 Å². The number of para-hydroxylation sites is 1. The van der Waals surface area contributed by atoms with Crippen LogP contribution in [0.5, 0.6) is 17.2 Å². The van der Waals surface area contributed by atoms with Crippen molar-refractivity contribution < 1.29 is 38.1 Å². The quantitative estimate of drug-likeness (QED) is 0.103. The van der Waals surface area contributed by atoms with Crippen molar-refractivity contribution in [3.63, 3.8) is 0 Å². The van der Waals surface area contributed by atoms with Crippen LogP contribution in [0.3, 0.4) is 0 Å². The van der Waals surface area contributed by atoms with Gasteiger partial charge in [0.2, 0.25) is 23.6 Å². The number of carbonyl (C=O) groups excluding carboxylic acids is 4. The number of hydrogen-bond acceptors (Lipinski definition) is 7. The number of hydrogen-bond donors (Lipinski definition) is 1. The summed E-state index contributed by atoms with van der Waals surface area (Å²) in [5, 5.41) is 11.5. The van der Waals surface area contributed by atoms with Crippen molar-refractivity contribution >= 4 is 58.8 Å². The van der Waals surface area contributed by atoms with Crippen molar-refractivity contribution in [1.82, 2.24) is 0 Å². The molecule has 1 saturated carbocycles. The monoisotopic (exact) mass is 786 g/mol. The van der Waals surface area contributed by atoms with Crippen LogP contribution >= 0.6 is 11.6 Å². The molecule has 4 aromatic carbocycles. The first kappa shape index (κ1) is 37.9. The molecule has 4 amide bonds. The van der Waals surface area contributed by atoms with Gasteiger partial charge in [0.15, 0.2) is 0 Å². The molecule has 0 bridgehead atoms. The van der Waals surface area contributed by atoms with E-state index >= 15 is 0 Å². The number of rotatable bonds is 9. The Hall–Kier alpha value is -6.00. The molecule has 0 aromatic heterocycles. The number of amides is 4. The van der Waals surface area contributed by atoms with Crippen molar-refractivity contribution in [3.05, 3.63) is 136 Å². The Bertz CT molecular complexity index is 2430. The number of ether oxygens (including phenoxy) is 2. The number of benzene rings is 4. The number of allylic oxidation sites excluding steroid dienone is 3. The van der Waals surface area contributed by atoms with Crippen LogP contribution in [-0.4, -0.2) is 43.0 Å². The molecule has 2 aliphatic heterocycles. The maximum atomic E-state index is 14.7. The largest absolute Gasteiger partial charge is 0.507 e. The van der Waals surface area contributed by atoms with Gasteiger partial charge in [0.05, 0.1) is 53.8 Å². The standard InChI is InChI=1S/C46H40ClFN2O7/c1-5-7-26-8-6-9-33(41(26)51)40-31-18-19-32-39(34(31)24-35-43(53)50(45(55)46(35,40)2)29-16-20-37(48)36(47)23-29)44(54)49(42(32)52)28-14-11-25(12-15-28)10-13-27-22-30(56-3)17-21-38(27)57-4/h5-6,8-18,20-23,32,34-35,39-40,51H,1,7,19,24H2,2-4H3/t32-,34+,35-,39-,40+,46+/m0/s1. The number of nitrogens with zero attached hydrogens (tertiary/aromatic N) is 2. The van der Waals surface area contributed by atoms with E-state index < -0.39 is 52.6 Å². The Balaban J connectivity index is 1.16. The molecule has 3 fully saturated rings. The molecule has 2 saturated heterocycles. The Labute approximate surface area is 334 Å². The molecular formula is C46H40ClFN2O7.